The number of carbonyl (C=O) groups excluding carboxylic acids is 1. The highest BCUT2D eigenvalue weighted by Gasteiger charge is 2.29. The second-order valence-electron chi connectivity index (χ2n) is 5.25. The van der Waals surface area contributed by atoms with Crippen LogP contribution in [0.25, 0.3) is 0 Å². The molecule has 5 nitrogen and oxygen atoms in total. The summed E-state index contributed by atoms with van der Waals surface area (Å²) in [6.07, 6.45) is 0.911. The maximum absolute atomic E-state index is 12.0. The Morgan fingerprint density at radius 2 is 2.29 bits per heavy atom. The number of ether oxygens (including phenoxy) is 1. The third kappa shape index (κ3) is 4.61. The summed E-state index contributed by atoms with van der Waals surface area (Å²) in [4.78, 5) is 13.7. The van der Waals surface area contributed by atoms with Gasteiger partial charge in [0.05, 0.1) is 18.5 Å². The maximum Gasteiger partial charge on any atom is 0.410 e. The predicted molar refractivity (Wildman–Crippen MR) is 64.4 cm³/mol. The van der Waals surface area contributed by atoms with Gasteiger partial charge >= 0.3 is 6.09 Å². The Hall–Kier alpha value is -1.28. The first-order valence-electron chi connectivity index (χ1n) is 6.01. The summed E-state index contributed by atoms with van der Waals surface area (Å²) < 4.78 is 5.36. The van der Waals surface area contributed by atoms with Gasteiger partial charge in [0.15, 0.2) is 0 Å². The number of hydrogen-bond acceptors (Lipinski definition) is 4. The molecule has 96 valence electrons. The number of amides is 1. The van der Waals surface area contributed by atoms with Gasteiger partial charge in [-0.2, -0.15) is 5.26 Å². The third-order valence-electron chi connectivity index (χ3n) is 2.53. The SMILES string of the molecule is CC(C)(C)OC(=O)N1CCCNCC1CC#N. The Morgan fingerprint density at radius 3 is 2.88 bits per heavy atom. The first kappa shape index (κ1) is 13.8. The largest absolute Gasteiger partial charge is 0.444 e. The minimum absolute atomic E-state index is 0.0858. The van der Waals surface area contributed by atoms with Crippen molar-refractivity contribution in [1.29, 1.82) is 5.26 Å². The summed E-state index contributed by atoms with van der Waals surface area (Å²) in [5.41, 5.74) is -0.492. The Morgan fingerprint density at radius 1 is 1.59 bits per heavy atom. The van der Waals surface area contributed by atoms with Crippen LogP contribution >= 0.6 is 0 Å². The lowest BCUT2D eigenvalue weighted by Crippen LogP contribution is -2.45. The molecule has 0 aromatic heterocycles. The molecule has 1 aliphatic heterocycles. The zero-order valence-electron chi connectivity index (χ0n) is 10.8. The number of carbonyl (C=O) groups is 1. The quantitative estimate of drug-likeness (QED) is 0.753. The van der Waals surface area contributed by atoms with Gasteiger partial charge in [-0.1, -0.05) is 0 Å². The number of hydrogen-bond donors (Lipinski definition) is 1. The van der Waals surface area contributed by atoms with Crippen LogP contribution < -0.4 is 5.32 Å². The smallest absolute Gasteiger partial charge is 0.410 e. The van der Waals surface area contributed by atoms with Gasteiger partial charge in [-0.25, -0.2) is 4.79 Å². The molecule has 1 rings (SSSR count). The molecule has 1 amide bonds. The van der Waals surface area contributed by atoms with Crippen molar-refractivity contribution in [3.8, 4) is 6.07 Å². The molecular weight excluding hydrogens is 218 g/mol. The van der Waals surface area contributed by atoms with Crippen molar-refractivity contribution in [1.82, 2.24) is 10.2 Å². The van der Waals surface area contributed by atoms with E-state index in [1.807, 2.05) is 20.8 Å². The van der Waals surface area contributed by atoms with Crippen molar-refractivity contribution in [2.24, 2.45) is 0 Å². The first-order valence-corrected chi connectivity index (χ1v) is 6.01. The molecular formula is C12H21N3O2. The van der Waals surface area contributed by atoms with Gasteiger partial charge < -0.3 is 15.0 Å². The highest BCUT2D eigenvalue weighted by atomic mass is 16.6. The van der Waals surface area contributed by atoms with Crippen molar-refractivity contribution in [2.75, 3.05) is 19.6 Å². The fourth-order valence-electron chi connectivity index (χ4n) is 1.78. The lowest BCUT2D eigenvalue weighted by atomic mass is 10.2. The van der Waals surface area contributed by atoms with Crippen molar-refractivity contribution in [2.45, 2.75) is 45.3 Å². The van der Waals surface area contributed by atoms with Crippen LogP contribution in [0.5, 0.6) is 0 Å². The Kier molecular flexibility index (Phi) is 4.76. The molecule has 1 aliphatic rings. The van der Waals surface area contributed by atoms with E-state index in [0.29, 0.717) is 19.5 Å². The molecule has 1 fully saturated rings. The molecule has 1 N–H and O–H groups in total. The van der Waals surface area contributed by atoms with Crippen LogP contribution in [0.4, 0.5) is 4.79 Å². The number of nitrogens with zero attached hydrogens (tertiary/aromatic N) is 2. The number of nitriles is 1. The van der Waals surface area contributed by atoms with Crippen LogP contribution in [0, 0.1) is 11.3 Å². The minimum Gasteiger partial charge on any atom is -0.444 e. The predicted octanol–water partition coefficient (Wildman–Crippen LogP) is 1.50. The first-order chi connectivity index (χ1) is 7.94. The molecule has 1 unspecified atom stereocenters. The number of nitrogens with one attached hydrogen (secondary N) is 1. The monoisotopic (exact) mass is 239 g/mol. The third-order valence-corrected chi connectivity index (χ3v) is 2.53. The Balaban J connectivity index is 2.68. The van der Waals surface area contributed by atoms with Crippen LogP contribution in [0.3, 0.4) is 0 Å². The van der Waals surface area contributed by atoms with Gasteiger partial charge in [-0.15, -0.1) is 0 Å². The average Bonchev–Trinajstić information content (AvgIpc) is 2.41. The van der Waals surface area contributed by atoms with Gasteiger partial charge in [0.1, 0.15) is 5.60 Å². The highest BCUT2D eigenvalue weighted by molar-refractivity contribution is 5.68. The second-order valence-corrected chi connectivity index (χ2v) is 5.25. The molecule has 0 spiro atoms. The van der Waals surface area contributed by atoms with Crippen molar-refractivity contribution in [3.63, 3.8) is 0 Å². The fraction of sp³-hybridized carbons (Fsp3) is 0.833. The highest BCUT2D eigenvalue weighted by Crippen LogP contribution is 2.14. The summed E-state index contributed by atoms with van der Waals surface area (Å²) >= 11 is 0. The lowest BCUT2D eigenvalue weighted by Gasteiger charge is -2.30. The van der Waals surface area contributed by atoms with Gasteiger partial charge in [0.2, 0.25) is 0 Å². The summed E-state index contributed by atoms with van der Waals surface area (Å²) in [6, 6.07) is 2.04. The Bertz CT molecular complexity index is 304. The fourth-order valence-corrected chi connectivity index (χ4v) is 1.78. The van der Waals surface area contributed by atoms with E-state index < -0.39 is 5.60 Å². The number of rotatable bonds is 1. The van der Waals surface area contributed by atoms with Crippen LogP contribution in [-0.2, 0) is 4.74 Å². The zero-order chi connectivity index (χ0) is 12.9. The van der Waals surface area contributed by atoms with Gasteiger partial charge in [0.25, 0.3) is 0 Å². The summed E-state index contributed by atoms with van der Waals surface area (Å²) in [7, 11) is 0. The van der Waals surface area contributed by atoms with Crippen LogP contribution in [0.15, 0.2) is 0 Å². The van der Waals surface area contributed by atoms with E-state index in [1.54, 1.807) is 4.90 Å². The van der Waals surface area contributed by atoms with E-state index in [-0.39, 0.29) is 12.1 Å². The standard InChI is InChI=1S/C12H21N3O2/c1-12(2,3)17-11(16)15-8-4-7-14-9-10(15)5-6-13/h10,14H,4-5,7-9H2,1-3H3. The molecule has 5 heteroatoms. The van der Waals surface area contributed by atoms with Gasteiger partial charge in [-0.05, 0) is 33.7 Å². The molecule has 0 aromatic rings. The second kappa shape index (κ2) is 5.87. The van der Waals surface area contributed by atoms with Crippen LogP contribution in [-0.4, -0.2) is 42.3 Å². The zero-order valence-corrected chi connectivity index (χ0v) is 10.8. The van der Waals surface area contributed by atoms with E-state index in [0.717, 1.165) is 13.0 Å². The summed E-state index contributed by atoms with van der Waals surface area (Å²) in [6.45, 7) is 7.73. The lowest BCUT2D eigenvalue weighted by molar-refractivity contribution is 0.0181. The molecule has 1 atom stereocenters. The van der Waals surface area contributed by atoms with Crippen molar-refractivity contribution >= 4 is 6.09 Å². The normalized spacial score (nSPS) is 21.5. The molecule has 0 aromatic carbocycles. The minimum atomic E-state index is -0.492. The maximum atomic E-state index is 12.0. The van der Waals surface area contributed by atoms with E-state index in [4.69, 9.17) is 10.00 Å². The van der Waals surface area contributed by atoms with E-state index in [1.165, 1.54) is 0 Å². The van der Waals surface area contributed by atoms with E-state index >= 15 is 0 Å². The molecule has 17 heavy (non-hydrogen) atoms. The van der Waals surface area contributed by atoms with E-state index in [2.05, 4.69) is 11.4 Å². The topological polar surface area (TPSA) is 65.4 Å². The van der Waals surface area contributed by atoms with Crippen LogP contribution in [0.1, 0.15) is 33.6 Å². The molecule has 0 radical (unpaired) electrons. The average molecular weight is 239 g/mol. The van der Waals surface area contributed by atoms with Crippen LogP contribution in [0.2, 0.25) is 0 Å². The molecule has 0 saturated carbocycles. The van der Waals surface area contributed by atoms with Gasteiger partial charge in [0, 0.05) is 13.1 Å². The molecule has 0 bridgehead atoms. The summed E-state index contributed by atoms with van der Waals surface area (Å²) in [5.74, 6) is 0. The molecule has 1 saturated heterocycles. The molecule has 0 aliphatic carbocycles. The van der Waals surface area contributed by atoms with Gasteiger partial charge in [-0.3, -0.25) is 0 Å². The Labute approximate surface area is 103 Å². The van der Waals surface area contributed by atoms with Crippen molar-refractivity contribution < 1.29 is 9.53 Å². The van der Waals surface area contributed by atoms with E-state index in [9.17, 15) is 4.79 Å². The molecule has 1 heterocycles. The van der Waals surface area contributed by atoms with Crippen molar-refractivity contribution in [3.05, 3.63) is 0 Å². The summed E-state index contributed by atoms with van der Waals surface area (Å²) in [5, 5.41) is 12.0.